The third-order valence-corrected chi connectivity index (χ3v) is 13.1. The lowest BCUT2D eigenvalue weighted by Gasteiger charge is -2.62. The Bertz CT molecular complexity index is 914. The second-order valence-corrected chi connectivity index (χ2v) is 14.5. The van der Waals surface area contributed by atoms with Gasteiger partial charge in [-0.15, -0.1) is 0 Å². The molecule has 0 heterocycles. The van der Waals surface area contributed by atoms with E-state index in [0.29, 0.717) is 24.2 Å². The molecule has 11 atom stereocenters. The zero-order valence-corrected chi connectivity index (χ0v) is 22.5. The summed E-state index contributed by atoms with van der Waals surface area (Å²) in [4.78, 5) is 12.5. The Hall–Kier alpha value is -0.910. The largest absolute Gasteiger partial charge is 0.481 e. The lowest BCUT2D eigenvalue weighted by Crippen LogP contribution is -2.61. The second-order valence-electron chi connectivity index (χ2n) is 14.5. The van der Waals surface area contributed by atoms with Gasteiger partial charge in [-0.1, -0.05) is 39.3 Å². The van der Waals surface area contributed by atoms with E-state index in [4.69, 9.17) is 0 Å². The molecule has 0 unspecified atom stereocenters. The average Bonchev–Trinajstić information content (AvgIpc) is 2.96. The Balaban J connectivity index is 1.52. The normalized spacial score (nSPS) is 55.9. The first kappa shape index (κ1) is 25.7. The van der Waals surface area contributed by atoms with E-state index >= 15 is 0 Å². The number of aliphatic hydroxyl groups excluding tert-OH is 3. The van der Waals surface area contributed by atoms with E-state index in [1.807, 2.05) is 0 Å². The molecule has 5 nitrogen and oxygen atoms in total. The molecule has 5 aliphatic rings. The van der Waals surface area contributed by atoms with Crippen LogP contribution in [-0.2, 0) is 4.79 Å². The van der Waals surface area contributed by atoms with Gasteiger partial charge in [-0.25, -0.2) is 0 Å². The third kappa shape index (κ3) is 3.26. The number of rotatable bonds is 2. The minimum atomic E-state index is -1.08. The summed E-state index contributed by atoms with van der Waals surface area (Å²) in [5.41, 5.74) is 0.0794. The molecule has 0 aromatic rings. The van der Waals surface area contributed by atoms with Crippen LogP contribution in [0.15, 0.2) is 11.6 Å². The molecule has 4 saturated carbocycles. The maximum atomic E-state index is 12.5. The molecule has 0 aromatic carbocycles. The number of aliphatic hydroxyl groups is 3. The smallest absolute Gasteiger partial charge is 0.312 e. The van der Waals surface area contributed by atoms with E-state index in [2.05, 4.69) is 33.8 Å². The maximum absolute atomic E-state index is 12.5. The van der Waals surface area contributed by atoms with Crippen LogP contribution < -0.4 is 0 Å². The molecule has 0 saturated heterocycles. The first-order valence-corrected chi connectivity index (χ1v) is 14.2. The van der Waals surface area contributed by atoms with Gasteiger partial charge < -0.3 is 20.4 Å². The molecule has 4 fully saturated rings. The molecule has 5 rings (SSSR count). The summed E-state index contributed by atoms with van der Waals surface area (Å²) in [7, 11) is 0. The Labute approximate surface area is 211 Å². The van der Waals surface area contributed by atoms with Crippen molar-refractivity contribution in [2.24, 2.45) is 50.7 Å². The van der Waals surface area contributed by atoms with Crippen LogP contribution in [0.5, 0.6) is 0 Å². The zero-order valence-electron chi connectivity index (χ0n) is 22.5. The lowest BCUT2D eigenvalue weighted by molar-refractivity contribution is -0.196. The van der Waals surface area contributed by atoms with E-state index in [9.17, 15) is 25.2 Å². The number of carbonyl (C=O) groups is 1. The fourth-order valence-electron chi connectivity index (χ4n) is 11.0. The number of aliphatic carboxylic acids is 1. The van der Waals surface area contributed by atoms with Crippen LogP contribution in [0.1, 0.15) is 98.8 Å². The predicted octanol–water partition coefficient (Wildman–Crippen LogP) is 5.18. The summed E-state index contributed by atoms with van der Waals surface area (Å²) in [6, 6.07) is 0. The highest BCUT2D eigenvalue weighted by Crippen LogP contribution is 2.69. The second kappa shape index (κ2) is 8.04. The summed E-state index contributed by atoms with van der Waals surface area (Å²) in [5.74, 6) is 0.313. The molecular weight excluding hydrogens is 440 g/mol. The summed E-state index contributed by atoms with van der Waals surface area (Å²) in [5, 5.41) is 42.4. The van der Waals surface area contributed by atoms with Crippen LogP contribution in [-0.4, -0.2) is 45.2 Å². The molecule has 0 bridgehead atoms. The Kier molecular flexibility index (Phi) is 5.91. The van der Waals surface area contributed by atoms with Crippen LogP contribution in [0.25, 0.3) is 0 Å². The maximum Gasteiger partial charge on any atom is 0.312 e. The highest BCUT2D eigenvalue weighted by Gasteiger charge is 2.65. The van der Waals surface area contributed by atoms with Crippen molar-refractivity contribution in [1.82, 2.24) is 0 Å². The van der Waals surface area contributed by atoms with Gasteiger partial charge in [0.2, 0.25) is 0 Å². The van der Waals surface area contributed by atoms with Crippen molar-refractivity contribution in [3.63, 3.8) is 0 Å². The standard InChI is InChI=1S/C30H48O5/c1-26-13-10-22-28(3,15-12-24(33)30(22,5)25(34)35)20(26)9-7-19-18(16-26)6-8-21-27(19,2)14-11-23(32)29(21,4)17-31/h16,19-24,31-33H,6-15,17H2,1-5H3,(H,34,35)/t19-,20-,21+,22+,23+,24-,26-,27+,28+,29+,30+/m0/s1. The average molecular weight is 489 g/mol. The van der Waals surface area contributed by atoms with Crippen molar-refractivity contribution in [1.29, 1.82) is 0 Å². The number of hydrogen-bond acceptors (Lipinski definition) is 4. The first-order valence-electron chi connectivity index (χ1n) is 14.2. The van der Waals surface area contributed by atoms with Gasteiger partial charge in [0.05, 0.1) is 24.2 Å². The molecule has 5 aliphatic carbocycles. The minimum Gasteiger partial charge on any atom is -0.481 e. The quantitative estimate of drug-likeness (QED) is 0.402. The Morgan fingerprint density at radius 1 is 0.829 bits per heavy atom. The fraction of sp³-hybridized carbons (Fsp3) is 0.900. The molecule has 0 aromatic heterocycles. The lowest BCUT2D eigenvalue weighted by atomic mass is 9.42. The highest BCUT2D eigenvalue weighted by molar-refractivity contribution is 5.76. The summed E-state index contributed by atoms with van der Waals surface area (Å²) in [6.07, 6.45) is 10.7. The number of carboxylic acid groups (broad SMARTS) is 1. The van der Waals surface area contributed by atoms with Crippen molar-refractivity contribution in [3.8, 4) is 0 Å². The molecule has 0 radical (unpaired) electrons. The third-order valence-electron chi connectivity index (χ3n) is 13.1. The van der Waals surface area contributed by atoms with Crippen molar-refractivity contribution in [2.45, 2.75) is 111 Å². The van der Waals surface area contributed by atoms with Crippen molar-refractivity contribution >= 4 is 5.97 Å². The van der Waals surface area contributed by atoms with Gasteiger partial charge in [0.1, 0.15) is 0 Å². The van der Waals surface area contributed by atoms with E-state index in [1.165, 1.54) is 0 Å². The topological polar surface area (TPSA) is 98.0 Å². The van der Waals surface area contributed by atoms with Gasteiger partial charge in [0.25, 0.3) is 0 Å². The van der Waals surface area contributed by atoms with Crippen LogP contribution in [0.3, 0.4) is 0 Å². The summed E-state index contributed by atoms with van der Waals surface area (Å²) >= 11 is 0. The van der Waals surface area contributed by atoms with Crippen molar-refractivity contribution < 1.29 is 25.2 Å². The van der Waals surface area contributed by atoms with Crippen LogP contribution in [0.2, 0.25) is 0 Å². The number of fused-ring (bicyclic) bond motifs is 6. The Morgan fingerprint density at radius 3 is 2.14 bits per heavy atom. The minimum absolute atomic E-state index is 0.0151. The number of allylic oxidation sites excluding steroid dienone is 2. The molecule has 0 aliphatic heterocycles. The van der Waals surface area contributed by atoms with Crippen LogP contribution in [0.4, 0.5) is 0 Å². The van der Waals surface area contributed by atoms with Crippen LogP contribution >= 0.6 is 0 Å². The first-order chi connectivity index (χ1) is 16.3. The van der Waals surface area contributed by atoms with Crippen molar-refractivity contribution in [2.75, 3.05) is 6.61 Å². The van der Waals surface area contributed by atoms with Gasteiger partial charge in [-0.2, -0.15) is 0 Å². The highest BCUT2D eigenvalue weighted by atomic mass is 16.4. The summed E-state index contributed by atoms with van der Waals surface area (Å²) in [6.45, 7) is 11.1. The van der Waals surface area contributed by atoms with Crippen molar-refractivity contribution in [3.05, 3.63) is 11.6 Å². The molecule has 35 heavy (non-hydrogen) atoms. The van der Waals surface area contributed by atoms with E-state index in [-0.39, 0.29) is 28.8 Å². The summed E-state index contributed by atoms with van der Waals surface area (Å²) < 4.78 is 0. The molecular formula is C30H48O5. The SMILES string of the molecule is C[C@]12CC[C@H](O)[C@](C)(C(=O)O)[C@@H]1CC[C@@]1(C)C=C3CC[C@@H]4[C@](C)(CC[C@@H](O)[C@]4(C)CO)[C@H]3CC[C@H]21. The molecule has 5 heteroatoms. The monoisotopic (exact) mass is 488 g/mol. The van der Waals surface area contributed by atoms with Gasteiger partial charge >= 0.3 is 5.97 Å². The van der Waals surface area contributed by atoms with Gasteiger partial charge in [-0.3, -0.25) is 4.79 Å². The van der Waals surface area contributed by atoms with E-state index < -0.39 is 29.0 Å². The fourth-order valence-corrected chi connectivity index (χ4v) is 11.0. The number of carboxylic acids is 1. The zero-order chi connectivity index (χ0) is 25.6. The Morgan fingerprint density at radius 2 is 1.49 bits per heavy atom. The van der Waals surface area contributed by atoms with Crippen LogP contribution in [0, 0.1) is 50.7 Å². The van der Waals surface area contributed by atoms with E-state index in [0.717, 1.165) is 57.8 Å². The molecule has 198 valence electrons. The predicted molar refractivity (Wildman–Crippen MR) is 135 cm³/mol. The van der Waals surface area contributed by atoms with E-state index in [1.54, 1.807) is 12.5 Å². The molecule has 0 amide bonds. The molecule has 0 spiro atoms. The number of hydrogen-bond donors (Lipinski definition) is 4. The van der Waals surface area contributed by atoms with Gasteiger partial charge in [0.15, 0.2) is 0 Å². The van der Waals surface area contributed by atoms with Gasteiger partial charge in [0, 0.05) is 5.41 Å². The van der Waals surface area contributed by atoms with Gasteiger partial charge in [-0.05, 0) is 111 Å². The molecule has 4 N–H and O–H groups in total.